The van der Waals surface area contributed by atoms with Crippen molar-refractivity contribution in [2.75, 3.05) is 6.54 Å². The Labute approximate surface area is 127 Å². The van der Waals surface area contributed by atoms with Crippen LogP contribution >= 0.6 is 0 Å². The van der Waals surface area contributed by atoms with E-state index in [4.69, 9.17) is 4.74 Å². The summed E-state index contributed by atoms with van der Waals surface area (Å²) in [5.41, 5.74) is 4.45. The Kier molecular flexibility index (Phi) is 5.34. The molecule has 1 N–H and O–H groups in total. The number of nitrogens with one attached hydrogen (secondary N) is 1. The Morgan fingerprint density at radius 1 is 1.10 bits per heavy atom. The molecule has 0 spiro atoms. The number of hydrogen-bond donors (Lipinski definition) is 1. The lowest BCUT2D eigenvalue weighted by molar-refractivity contribution is 0.467. The zero-order chi connectivity index (χ0) is 15.2. The molecule has 2 aromatic rings. The third-order valence-electron chi connectivity index (χ3n) is 3.37. The number of nitrogens with zero attached hydrogens (tertiary/aromatic N) is 1. The van der Waals surface area contributed by atoms with Gasteiger partial charge >= 0.3 is 0 Å². The number of benzene rings is 1. The first-order valence-corrected chi connectivity index (χ1v) is 7.51. The molecule has 0 aliphatic carbocycles. The molecule has 1 heterocycles. The summed E-state index contributed by atoms with van der Waals surface area (Å²) < 4.78 is 6.13. The first-order valence-electron chi connectivity index (χ1n) is 7.51. The summed E-state index contributed by atoms with van der Waals surface area (Å²) in [6.07, 6.45) is 3.02. The highest BCUT2D eigenvalue weighted by molar-refractivity contribution is 5.42. The molecule has 3 nitrogen and oxygen atoms in total. The molecule has 0 atom stereocenters. The van der Waals surface area contributed by atoms with Crippen molar-refractivity contribution in [3.8, 4) is 11.5 Å². The summed E-state index contributed by atoms with van der Waals surface area (Å²) in [6.45, 7) is 10.1. The highest BCUT2D eigenvalue weighted by Gasteiger charge is 2.08. The van der Waals surface area contributed by atoms with Gasteiger partial charge in [-0.05, 0) is 45.4 Å². The third kappa shape index (κ3) is 4.30. The highest BCUT2D eigenvalue weighted by atomic mass is 16.5. The molecular formula is C18H24N2O. The van der Waals surface area contributed by atoms with Gasteiger partial charge in [0.25, 0.3) is 0 Å². The molecule has 0 saturated heterocycles. The predicted octanol–water partition coefficient (Wildman–Crippen LogP) is 4.30. The molecule has 21 heavy (non-hydrogen) atoms. The lowest BCUT2D eigenvalue weighted by Gasteiger charge is -2.14. The van der Waals surface area contributed by atoms with Crippen LogP contribution in [0, 0.1) is 20.8 Å². The maximum absolute atomic E-state index is 6.13. The Morgan fingerprint density at radius 3 is 2.62 bits per heavy atom. The molecule has 112 valence electrons. The van der Waals surface area contributed by atoms with Gasteiger partial charge < -0.3 is 10.1 Å². The van der Waals surface area contributed by atoms with Crippen LogP contribution in [0.1, 0.15) is 35.7 Å². The standard InChI is InChI=1S/C18H24N2O/c1-5-8-19-11-16-12-20-15(4)10-18(16)21-17-7-6-13(2)9-14(17)3/h6-7,9-10,12,19H,5,8,11H2,1-4H3. The summed E-state index contributed by atoms with van der Waals surface area (Å²) in [4.78, 5) is 4.38. The van der Waals surface area contributed by atoms with E-state index in [2.05, 4.69) is 43.2 Å². The largest absolute Gasteiger partial charge is 0.457 e. The average molecular weight is 284 g/mol. The Morgan fingerprint density at radius 2 is 1.90 bits per heavy atom. The summed E-state index contributed by atoms with van der Waals surface area (Å²) in [6, 6.07) is 8.25. The second-order valence-electron chi connectivity index (χ2n) is 5.48. The molecule has 2 rings (SSSR count). The molecule has 1 aromatic heterocycles. The molecule has 1 aromatic carbocycles. The topological polar surface area (TPSA) is 34.2 Å². The van der Waals surface area contributed by atoms with Gasteiger partial charge in [0.2, 0.25) is 0 Å². The van der Waals surface area contributed by atoms with Crippen molar-refractivity contribution in [1.29, 1.82) is 0 Å². The van der Waals surface area contributed by atoms with Crippen LogP contribution in [0.15, 0.2) is 30.5 Å². The minimum absolute atomic E-state index is 0.779. The van der Waals surface area contributed by atoms with Crippen molar-refractivity contribution in [3.05, 3.63) is 52.8 Å². The van der Waals surface area contributed by atoms with Crippen molar-refractivity contribution >= 4 is 0 Å². The number of rotatable bonds is 6. The summed E-state index contributed by atoms with van der Waals surface area (Å²) in [7, 11) is 0. The maximum atomic E-state index is 6.13. The highest BCUT2D eigenvalue weighted by Crippen LogP contribution is 2.28. The van der Waals surface area contributed by atoms with Gasteiger partial charge in [-0.3, -0.25) is 4.98 Å². The Hall–Kier alpha value is -1.87. The van der Waals surface area contributed by atoms with Crippen molar-refractivity contribution in [2.45, 2.75) is 40.7 Å². The number of aromatic nitrogens is 1. The van der Waals surface area contributed by atoms with Crippen LogP contribution < -0.4 is 10.1 Å². The van der Waals surface area contributed by atoms with Gasteiger partial charge in [0.05, 0.1) is 0 Å². The van der Waals surface area contributed by atoms with Crippen LogP contribution in [0.4, 0.5) is 0 Å². The monoisotopic (exact) mass is 284 g/mol. The van der Waals surface area contributed by atoms with E-state index in [-0.39, 0.29) is 0 Å². The molecule has 0 unspecified atom stereocenters. The lowest BCUT2D eigenvalue weighted by atomic mass is 10.1. The third-order valence-corrected chi connectivity index (χ3v) is 3.37. The van der Waals surface area contributed by atoms with Crippen LogP contribution in [0.2, 0.25) is 0 Å². The fourth-order valence-electron chi connectivity index (χ4n) is 2.22. The van der Waals surface area contributed by atoms with E-state index < -0.39 is 0 Å². The molecule has 0 radical (unpaired) electrons. The second-order valence-corrected chi connectivity index (χ2v) is 5.48. The summed E-state index contributed by atoms with van der Waals surface area (Å²) in [5.74, 6) is 1.79. The molecule has 3 heteroatoms. The van der Waals surface area contributed by atoms with Gasteiger partial charge in [0.1, 0.15) is 11.5 Å². The molecule has 0 fully saturated rings. The average Bonchev–Trinajstić information content (AvgIpc) is 2.44. The van der Waals surface area contributed by atoms with Gasteiger partial charge in [0.15, 0.2) is 0 Å². The van der Waals surface area contributed by atoms with Gasteiger partial charge in [-0.15, -0.1) is 0 Å². The van der Waals surface area contributed by atoms with Crippen molar-refractivity contribution < 1.29 is 4.74 Å². The summed E-state index contributed by atoms with van der Waals surface area (Å²) >= 11 is 0. The molecule has 0 bridgehead atoms. The molecular weight excluding hydrogens is 260 g/mol. The van der Waals surface area contributed by atoms with E-state index in [1.165, 1.54) is 5.56 Å². The molecule has 0 aliphatic rings. The maximum Gasteiger partial charge on any atom is 0.135 e. The van der Waals surface area contributed by atoms with Crippen LogP contribution in [-0.2, 0) is 6.54 Å². The predicted molar refractivity (Wildman–Crippen MR) is 87.0 cm³/mol. The van der Waals surface area contributed by atoms with Gasteiger partial charge in [-0.1, -0.05) is 24.6 Å². The molecule has 0 saturated carbocycles. The number of aryl methyl sites for hydroxylation is 3. The van der Waals surface area contributed by atoms with Crippen molar-refractivity contribution in [2.24, 2.45) is 0 Å². The van der Waals surface area contributed by atoms with Crippen LogP contribution in [-0.4, -0.2) is 11.5 Å². The fourth-order valence-corrected chi connectivity index (χ4v) is 2.22. The van der Waals surface area contributed by atoms with E-state index in [1.54, 1.807) is 0 Å². The van der Waals surface area contributed by atoms with Crippen LogP contribution in [0.5, 0.6) is 11.5 Å². The van der Waals surface area contributed by atoms with Crippen LogP contribution in [0.25, 0.3) is 0 Å². The van der Waals surface area contributed by atoms with E-state index in [9.17, 15) is 0 Å². The quantitative estimate of drug-likeness (QED) is 0.803. The zero-order valence-electron chi connectivity index (χ0n) is 13.4. The van der Waals surface area contributed by atoms with Gasteiger partial charge in [0, 0.05) is 30.1 Å². The van der Waals surface area contributed by atoms with E-state index in [0.29, 0.717) is 0 Å². The minimum atomic E-state index is 0.779. The van der Waals surface area contributed by atoms with Gasteiger partial charge in [-0.2, -0.15) is 0 Å². The first-order chi connectivity index (χ1) is 10.1. The van der Waals surface area contributed by atoms with Crippen molar-refractivity contribution in [1.82, 2.24) is 10.3 Å². The number of hydrogen-bond acceptors (Lipinski definition) is 3. The normalized spacial score (nSPS) is 10.7. The summed E-state index contributed by atoms with van der Waals surface area (Å²) in [5, 5.41) is 3.40. The lowest BCUT2D eigenvalue weighted by Crippen LogP contribution is -2.14. The molecule has 0 aliphatic heterocycles. The SMILES string of the molecule is CCCNCc1cnc(C)cc1Oc1ccc(C)cc1C. The molecule has 0 amide bonds. The Bertz CT molecular complexity index is 608. The van der Waals surface area contributed by atoms with Gasteiger partial charge in [-0.25, -0.2) is 0 Å². The van der Waals surface area contributed by atoms with E-state index in [0.717, 1.165) is 47.8 Å². The Balaban J connectivity index is 2.22. The smallest absolute Gasteiger partial charge is 0.135 e. The van der Waals surface area contributed by atoms with Crippen LogP contribution in [0.3, 0.4) is 0 Å². The van der Waals surface area contributed by atoms with E-state index in [1.807, 2.05) is 25.3 Å². The first kappa shape index (κ1) is 15.5. The minimum Gasteiger partial charge on any atom is -0.457 e. The van der Waals surface area contributed by atoms with Crippen molar-refractivity contribution in [3.63, 3.8) is 0 Å². The number of pyridine rings is 1. The zero-order valence-corrected chi connectivity index (χ0v) is 13.4. The fraction of sp³-hybridized carbons (Fsp3) is 0.389. The van der Waals surface area contributed by atoms with E-state index >= 15 is 0 Å². The number of ether oxygens (including phenoxy) is 1. The second kappa shape index (κ2) is 7.23.